The van der Waals surface area contributed by atoms with E-state index in [1.54, 1.807) is 36.4 Å². The molecule has 6 heteroatoms. The number of benzene rings is 3. The third-order valence-electron chi connectivity index (χ3n) is 4.30. The highest BCUT2D eigenvalue weighted by atomic mass is 19.4. The molecule has 0 aliphatic heterocycles. The van der Waals surface area contributed by atoms with Gasteiger partial charge in [-0.15, -0.1) is 0 Å². The number of halogens is 3. The lowest BCUT2D eigenvalue weighted by atomic mass is 9.98. The quantitative estimate of drug-likeness (QED) is 0.603. The van der Waals surface area contributed by atoms with Crippen molar-refractivity contribution in [3.63, 3.8) is 0 Å². The van der Waals surface area contributed by atoms with Crippen LogP contribution < -0.4 is 10.1 Å². The Bertz CT molecular complexity index is 995. The van der Waals surface area contributed by atoms with Crippen LogP contribution in [0.4, 0.5) is 18.9 Å². The number of amides is 1. The zero-order valence-corrected chi connectivity index (χ0v) is 15.3. The molecule has 0 atom stereocenters. The molecule has 0 unspecified atom stereocenters. The van der Waals surface area contributed by atoms with Crippen LogP contribution in [-0.4, -0.2) is 13.0 Å². The summed E-state index contributed by atoms with van der Waals surface area (Å²) in [4.78, 5) is 12.9. The molecular formula is C22H18F3NO2. The number of nitrogens with one attached hydrogen (secondary N) is 1. The summed E-state index contributed by atoms with van der Waals surface area (Å²) in [5.41, 5.74) is 2.16. The molecule has 144 valence electrons. The molecule has 3 nitrogen and oxygen atoms in total. The van der Waals surface area contributed by atoms with Crippen molar-refractivity contribution in [3.05, 3.63) is 83.4 Å². The van der Waals surface area contributed by atoms with Gasteiger partial charge in [-0.3, -0.25) is 4.79 Å². The van der Waals surface area contributed by atoms with Crippen molar-refractivity contribution in [2.75, 3.05) is 12.4 Å². The molecule has 0 fully saturated rings. The number of ether oxygens (including phenoxy) is 1. The number of carbonyl (C=O) groups is 1. The van der Waals surface area contributed by atoms with E-state index in [2.05, 4.69) is 5.32 Å². The summed E-state index contributed by atoms with van der Waals surface area (Å²) in [5.74, 6) is 0.144. The Balaban J connectivity index is 1.94. The summed E-state index contributed by atoms with van der Waals surface area (Å²) in [6.45, 7) is 1.89. The average Bonchev–Trinajstić information content (AvgIpc) is 2.67. The normalized spacial score (nSPS) is 11.2. The summed E-state index contributed by atoms with van der Waals surface area (Å²) in [7, 11) is 1.51. The second-order valence-electron chi connectivity index (χ2n) is 6.28. The summed E-state index contributed by atoms with van der Waals surface area (Å²) in [6.07, 6.45) is -4.41. The van der Waals surface area contributed by atoms with Crippen molar-refractivity contribution >= 4 is 11.6 Å². The van der Waals surface area contributed by atoms with Gasteiger partial charge in [0.25, 0.3) is 5.91 Å². The molecule has 0 spiro atoms. The van der Waals surface area contributed by atoms with Crippen LogP contribution in [-0.2, 0) is 6.18 Å². The molecule has 0 radical (unpaired) electrons. The first-order valence-corrected chi connectivity index (χ1v) is 8.52. The lowest BCUT2D eigenvalue weighted by molar-refractivity contribution is -0.137. The van der Waals surface area contributed by atoms with E-state index in [1.165, 1.54) is 19.2 Å². The highest BCUT2D eigenvalue weighted by Crippen LogP contribution is 2.32. The van der Waals surface area contributed by atoms with E-state index in [9.17, 15) is 18.0 Å². The second kappa shape index (κ2) is 7.76. The maximum Gasteiger partial charge on any atom is 0.416 e. The minimum atomic E-state index is -4.41. The number of carbonyl (C=O) groups excluding carboxylic acids is 1. The van der Waals surface area contributed by atoms with Gasteiger partial charge in [0.05, 0.1) is 18.4 Å². The topological polar surface area (TPSA) is 38.3 Å². The van der Waals surface area contributed by atoms with Crippen LogP contribution in [0.1, 0.15) is 21.5 Å². The van der Waals surface area contributed by atoms with Crippen LogP contribution in [0.3, 0.4) is 0 Å². The Morgan fingerprint density at radius 1 is 0.964 bits per heavy atom. The van der Waals surface area contributed by atoms with Crippen LogP contribution in [0.5, 0.6) is 5.75 Å². The van der Waals surface area contributed by atoms with E-state index in [1.807, 2.05) is 13.0 Å². The Hall–Kier alpha value is -3.28. The summed E-state index contributed by atoms with van der Waals surface area (Å²) in [6, 6.07) is 16.9. The molecule has 1 N–H and O–H groups in total. The van der Waals surface area contributed by atoms with Crippen LogP contribution in [0.25, 0.3) is 11.1 Å². The monoisotopic (exact) mass is 385 g/mol. The van der Waals surface area contributed by atoms with Crippen molar-refractivity contribution in [2.24, 2.45) is 0 Å². The SMILES string of the molecule is COc1ccc(C)cc1NC(=O)c1ccccc1-c1ccc(C(F)(F)F)cc1. The van der Waals surface area contributed by atoms with Crippen LogP contribution in [0.2, 0.25) is 0 Å². The highest BCUT2D eigenvalue weighted by Gasteiger charge is 2.30. The minimum absolute atomic E-state index is 0.353. The second-order valence-corrected chi connectivity index (χ2v) is 6.28. The molecule has 3 rings (SSSR count). The molecule has 3 aromatic carbocycles. The van der Waals surface area contributed by atoms with E-state index in [4.69, 9.17) is 4.74 Å². The molecule has 3 aromatic rings. The van der Waals surface area contributed by atoms with Crippen LogP contribution in [0.15, 0.2) is 66.7 Å². The fourth-order valence-electron chi connectivity index (χ4n) is 2.88. The van der Waals surface area contributed by atoms with Crippen molar-refractivity contribution < 1.29 is 22.7 Å². The molecule has 1 amide bonds. The molecule has 0 aliphatic rings. The fraction of sp³-hybridized carbons (Fsp3) is 0.136. The highest BCUT2D eigenvalue weighted by molar-refractivity contribution is 6.09. The van der Waals surface area contributed by atoms with Crippen molar-refractivity contribution in [1.82, 2.24) is 0 Å². The number of rotatable bonds is 4. The first kappa shape index (κ1) is 19.5. The largest absolute Gasteiger partial charge is 0.495 e. The molecule has 0 aliphatic carbocycles. The first-order valence-electron chi connectivity index (χ1n) is 8.52. The zero-order chi connectivity index (χ0) is 20.3. The van der Waals surface area contributed by atoms with Gasteiger partial charge < -0.3 is 10.1 Å². The number of hydrogen-bond acceptors (Lipinski definition) is 2. The van der Waals surface area contributed by atoms with Gasteiger partial charge in [-0.25, -0.2) is 0 Å². The smallest absolute Gasteiger partial charge is 0.416 e. The van der Waals surface area contributed by atoms with Crippen LogP contribution >= 0.6 is 0 Å². The van der Waals surface area contributed by atoms with E-state index in [0.717, 1.165) is 17.7 Å². The molecule has 0 saturated carbocycles. The third-order valence-corrected chi connectivity index (χ3v) is 4.30. The van der Waals surface area contributed by atoms with Gasteiger partial charge in [0.2, 0.25) is 0 Å². The molecule has 0 saturated heterocycles. The maximum atomic E-state index is 12.9. The predicted molar refractivity (Wildman–Crippen MR) is 103 cm³/mol. The zero-order valence-electron chi connectivity index (χ0n) is 15.3. The maximum absolute atomic E-state index is 12.9. The lowest BCUT2D eigenvalue weighted by Crippen LogP contribution is -2.14. The number of aryl methyl sites for hydroxylation is 1. The molecular weight excluding hydrogens is 367 g/mol. The Labute approximate surface area is 160 Å². The molecule has 0 heterocycles. The van der Waals surface area contributed by atoms with Gasteiger partial charge in [0.15, 0.2) is 0 Å². The van der Waals surface area contributed by atoms with Crippen LogP contribution in [0, 0.1) is 6.92 Å². The molecule has 0 aromatic heterocycles. The predicted octanol–water partition coefficient (Wildman–Crippen LogP) is 5.94. The van der Waals surface area contributed by atoms with Crippen molar-refractivity contribution in [2.45, 2.75) is 13.1 Å². The first-order chi connectivity index (χ1) is 13.3. The van der Waals surface area contributed by atoms with Gasteiger partial charge in [-0.05, 0) is 53.9 Å². The number of hydrogen-bond donors (Lipinski definition) is 1. The Kier molecular flexibility index (Phi) is 5.40. The van der Waals surface area contributed by atoms with E-state index >= 15 is 0 Å². The molecule has 28 heavy (non-hydrogen) atoms. The number of alkyl halides is 3. The van der Waals surface area contributed by atoms with Gasteiger partial charge in [-0.1, -0.05) is 36.4 Å². The van der Waals surface area contributed by atoms with Gasteiger partial charge in [-0.2, -0.15) is 13.2 Å². The van der Waals surface area contributed by atoms with E-state index < -0.39 is 11.7 Å². The van der Waals surface area contributed by atoms with Gasteiger partial charge >= 0.3 is 6.18 Å². The summed E-state index contributed by atoms with van der Waals surface area (Å²) < 4.78 is 43.7. The van der Waals surface area contributed by atoms with E-state index in [0.29, 0.717) is 28.1 Å². The van der Waals surface area contributed by atoms with Gasteiger partial charge in [0.1, 0.15) is 5.75 Å². The van der Waals surface area contributed by atoms with E-state index in [-0.39, 0.29) is 5.91 Å². The van der Waals surface area contributed by atoms with Crippen molar-refractivity contribution in [1.29, 1.82) is 0 Å². The standard InChI is InChI=1S/C22H18F3NO2/c1-14-7-12-20(28-2)19(13-14)26-21(27)18-6-4-3-5-17(18)15-8-10-16(11-9-15)22(23,24)25/h3-13H,1-2H3,(H,26,27). The Morgan fingerprint density at radius 2 is 1.64 bits per heavy atom. The third kappa shape index (κ3) is 4.17. The number of methoxy groups -OCH3 is 1. The minimum Gasteiger partial charge on any atom is -0.495 e. The average molecular weight is 385 g/mol. The summed E-state index contributed by atoms with van der Waals surface area (Å²) >= 11 is 0. The number of anilines is 1. The van der Waals surface area contributed by atoms with Crippen molar-refractivity contribution in [3.8, 4) is 16.9 Å². The lowest BCUT2D eigenvalue weighted by Gasteiger charge is -2.14. The summed E-state index contributed by atoms with van der Waals surface area (Å²) in [5, 5.41) is 2.82. The Morgan fingerprint density at radius 3 is 2.29 bits per heavy atom. The van der Waals surface area contributed by atoms with Gasteiger partial charge in [0, 0.05) is 5.56 Å². The fourth-order valence-corrected chi connectivity index (χ4v) is 2.88. The molecule has 0 bridgehead atoms.